The van der Waals surface area contributed by atoms with E-state index >= 15 is 0 Å². The predicted molar refractivity (Wildman–Crippen MR) is 82.0 cm³/mol. The van der Waals surface area contributed by atoms with Gasteiger partial charge in [0.25, 0.3) is 0 Å². The molecular weight excluding hydrogens is 280 g/mol. The van der Waals surface area contributed by atoms with Crippen LogP contribution in [-0.4, -0.2) is 50.1 Å². The van der Waals surface area contributed by atoms with Crippen molar-refractivity contribution in [1.82, 2.24) is 30.8 Å². The van der Waals surface area contributed by atoms with E-state index in [1.165, 1.54) is 25.7 Å². The summed E-state index contributed by atoms with van der Waals surface area (Å²) in [4.78, 5) is 15.5. The first kappa shape index (κ1) is 15.4. The molecule has 1 aromatic heterocycles. The van der Waals surface area contributed by atoms with Crippen LogP contribution in [0.15, 0.2) is 0 Å². The Labute approximate surface area is 131 Å². The van der Waals surface area contributed by atoms with Gasteiger partial charge in [-0.3, -0.25) is 9.69 Å². The lowest BCUT2D eigenvalue weighted by atomic mass is 9.78. The summed E-state index contributed by atoms with van der Waals surface area (Å²) >= 11 is 0. The van der Waals surface area contributed by atoms with Gasteiger partial charge in [-0.05, 0) is 45.7 Å². The van der Waals surface area contributed by atoms with E-state index in [9.17, 15) is 4.79 Å². The second kappa shape index (κ2) is 6.73. The van der Waals surface area contributed by atoms with Crippen molar-refractivity contribution < 1.29 is 4.79 Å². The summed E-state index contributed by atoms with van der Waals surface area (Å²) < 4.78 is 0. The zero-order chi connectivity index (χ0) is 15.4. The molecule has 0 bridgehead atoms. The third-order valence-corrected chi connectivity index (χ3v) is 5.16. The second-order valence-corrected chi connectivity index (χ2v) is 6.61. The first-order valence-corrected chi connectivity index (χ1v) is 8.52. The largest absolute Gasteiger partial charge is 0.345 e. The summed E-state index contributed by atoms with van der Waals surface area (Å²) in [7, 11) is 0. The average Bonchev–Trinajstić information content (AvgIpc) is 3.11. The molecule has 7 nitrogen and oxygen atoms in total. The van der Waals surface area contributed by atoms with Gasteiger partial charge in [0.05, 0.1) is 6.04 Å². The van der Waals surface area contributed by atoms with Crippen LogP contribution in [0, 0.1) is 0 Å². The molecule has 3 rings (SSSR count). The second-order valence-electron chi connectivity index (χ2n) is 6.61. The molecule has 0 unspecified atom stereocenters. The summed E-state index contributed by atoms with van der Waals surface area (Å²) in [5, 5.41) is 17.1. The van der Waals surface area contributed by atoms with Gasteiger partial charge in [-0.2, -0.15) is 5.21 Å². The Morgan fingerprint density at radius 1 is 1.18 bits per heavy atom. The highest BCUT2D eigenvalue weighted by Gasteiger charge is 2.45. The molecule has 1 amide bonds. The Bertz CT molecular complexity index is 476. The number of H-pyrrole nitrogens is 1. The van der Waals surface area contributed by atoms with Crippen LogP contribution in [-0.2, 0) is 4.79 Å². The molecule has 1 saturated carbocycles. The highest BCUT2D eigenvalue weighted by Crippen LogP contribution is 2.36. The first-order chi connectivity index (χ1) is 10.7. The van der Waals surface area contributed by atoms with Crippen molar-refractivity contribution >= 4 is 5.91 Å². The Kier molecular flexibility index (Phi) is 4.71. The molecule has 2 fully saturated rings. The molecular formula is C15H26N6O. The quantitative estimate of drug-likeness (QED) is 0.881. The van der Waals surface area contributed by atoms with Crippen LogP contribution in [0.1, 0.15) is 70.2 Å². The van der Waals surface area contributed by atoms with E-state index in [4.69, 9.17) is 0 Å². The molecule has 2 N–H and O–H groups in total. The van der Waals surface area contributed by atoms with E-state index in [0.29, 0.717) is 5.82 Å². The number of aromatic nitrogens is 4. The minimum atomic E-state index is -0.323. The van der Waals surface area contributed by atoms with Gasteiger partial charge in [0, 0.05) is 0 Å². The molecule has 0 aromatic carbocycles. The normalized spacial score (nSPS) is 23.9. The van der Waals surface area contributed by atoms with Gasteiger partial charge in [-0.15, -0.1) is 10.2 Å². The number of carbonyl (C=O) groups is 1. The van der Waals surface area contributed by atoms with Gasteiger partial charge in [-0.25, -0.2) is 0 Å². The van der Waals surface area contributed by atoms with Crippen molar-refractivity contribution in [2.45, 2.75) is 69.9 Å². The van der Waals surface area contributed by atoms with E-state index in [1.807, 2.05) is 6.92 Å². The molecule has 2 heterocycles. The Hall–Kier alpha value is -1.50. The third-order valence-electron chi connectivity index (χ3n) is 5.16. The molecule has 0 radical (unpaired) electrons. The Morgan fingerprint density at radius 3 is 2.50 bits per heavy atom. The summed E-state index contributed by atoms with van der Waals surface area (Å²) in [5.41, 5.74) is -0.323. The maximum absolute atomic E-state index is 13.1. The summed E-state index contributed by atoms with van der Waals surface area (Å²) in [6.45, 7) is 4.00. The van der Waals surface area contributed by atoms with Gasteiger partial charge in [0.2, 0.25) is 5.91 Å². The lowest BCUT2D eigenvalue weighted by Gasteiger charge is -2.47. The van der Waals surface area contributed by atoms with Crippen LogP contribution in [0.5, 0.6) is 0 Å². The minimum absolute atomic E-state index is 0.145. The third kappa shape index (κ3) is 2.99. The number of amides is 1. The Balaban J connectivity index is 1.74. The smallest absolute Gasteiger partial charge is 0.241 e. The van der Waals surface area contributed by atoms with Gasteiger partial charge >= 0.3 is 0 Å². The SMILES string of the molecule is C[C@H](NC(=O)C1(N2CCCCC2)CCCCC1)c1nn[nH]n1. The number of aromatic amines is 1. The van der Waals surface area contributed by atoms with E-state index < -0.39 is 0 Å². The Morgan fingerprint density at radius 2 is 1.86 bits per heavy atom. The number of nitrogens with one attached hydrogen (secondary N) is 2. The molecule has 1 aliphatic heterocycles. The van der Waals surface area contributed by atoms with Crippen molar-refractivity contribution in [3.8, 4) is 0 Å². The number of tetrazole rings is 1. The monoisotopic (exact) mass is 306 g/mol. The maximum atomic E-state index is 13.1. The molecule has 22 heavy (non-hydrogen) atoms. The predicted octanol–water partition coefficient (Wildman–Crippen LogP) is 1.57. The van der Waals surface area contributed by atoms with E-state index in [1.54, 1.807) is 0 Å². The molecule has 7 heteroatoms. The number of nitrogens with zero attached hydrogens (tertiary/aromatic N) is 4. The van der Waals surface area contributed by atoms with Crippen LogP contribution < -0.4 is 5.32 Å². The fraction of sp³-hybridized carbons (Fsp3) is 0.867. The van der Waals surface area contributed by atoms with Crippen LogP contribution in [0.4, 0.5) is 0 Å². The molecule has 1 atom stereocenters. The topological polar surface area (TPSA) is 86.8 Å². The number of likely N-dealkylation sites (tertiary alicyclic amines) is 1. The fourth-order valence-electron chi connectivity index (χ4n) is 3.89. The molecule has 2 aliphatic rings. The number of rotatable bonds is 4. The van der Waals surface area contributed by atoms with Gasteiger partial charge < -0.3 is 5.32 Å². The van der Waals surface area contributed by atoms with Crippen LogP contribution in [0.3, 0.4) is 0 Å². The maximum Gasteiger partial charge on any atom is 0.241 e. The van der Waals surface area contributed by atoms with Crippen LogP contribution >= 0.6 is 0 Å². The lowest BCUT2D eigenvalue weighted by Crippen LogP contribution is -2.61. The van der Waals surface area contributed by atoms with Gasteiger partial charge in [0.15, 0.2) is 5.82 Å². The highest BCUT2D eigenvalue weighted by molar-refractivity contribution is 5.86. The molecule has 1 aliphatic carbocycles. The van der Waals surface area contributed by atoms with Crippen molar-refractivity contribution in [1.29, 1.82) is 0 Å². The van der Waals surface area contributed by atoms with Gasteiger partial charge in [-0.1, -0.05) is 30.9 Å². The van der Waals surface area contributed by atoms with E-state index in [2.05, 4.69) is 30.8 Å². The zero-order valence-electron chi connectivity index (χ0n) is 13.3. The van der Waals surface area contributed by atoms with Crippen LogP contribution in [0.2, 0.25) is 0 Å². The number of hydrogen-bond donors (Lipinski definition) is 2. The van der Waals surface area contributed by atoms with Gasteiger partial charge in [0.1, 0.15) is 5.54 Å². The highest BCUT2D eigenvalue weighted by atomic mass is 16.2. The summed E-state index contributed by atoms with van der Waals surface area (Å²) in [5.74, 6) is 0.685. The van der Waals surface area contributed by atoms with Crippen molar-refractivity contribution in [3.63, 3.8) is 0 Å². The fourth-order valence-corrected chi connectivity index (χ4v) is 3.89. The van der Waals surface area contributed by atoms with E-state index in [0.717, 1.165) is 38.8 Å². The zero-order valence-corrected chi connectivity index (χ0v) is 13.3. The summed E-state index contributed by atoms with van der Waals surface area (Å²) in [6.07, 6.45) is 9.15. The molecule has 0 spiro atoms. The minimum Gasteiger partial charge on any atom is -0.345 e. The van der Waals surface area contributed by atoms with E-state index in [-0.39, 0.29) is 17.5 Å². The van der Waals surface area contributed by atoms with Crippen molar-refractivity contribution in [2.75, 3.05) is 13.1 Å². The molecule has 122 valence electrons. The van der Waals surface area contributed by atoms with Crippen LogP contribution in [0.25, 0.3) is 0 Å². The van der Waals surface area contributed by atoms with Crippen molar-refractivity contribution in [3.05, 3.63) is 5.82 Å². The standard InChI is InChI=1S/C15H26N6O/c1-12(13-17-19-20-18-13)16-14(22)15(8-4-2-5-9-15)21-10-6-3-7-11-21/h12H,2-11H2,1H3,(H,16,22)(H,17,18,19,20)/t12-/m0/s1. The van der Waals surface area contributed by atoms with Crippen molar-refractivity contribution in [2.24, 2.45) is 0 Å². The number of hydrogen-bond acceptors (Lipinski definition) is 5. The molecule has 1 saturated heterocycles. The summed E-state index contributed by atoms with van der Waals surface area (Å²) in [6, 6.07) is -0.213. The first-order valence-electron chi connectivity index (χ1n) is 8.52. The number of carbonyl (C=O) groups excluding carboxylic acids is 1. The average molecular weight is 306 g/mol. The molecule has 1 aromatic rings. The number of piperidine rings is 1. The lowest BCUT2D eigenvalue weighted by molar-refractivity contribution is -0.138.